The largest absolute Gasteiger partial charge is 0.508 e. The monoisotopic (exact) mass is 236 g/mol. The molecule has 5 heteroatoms. The van der Waals surface area contributed by atoms with Crippen LogP contribution in [0.15, 0.2) is 30.3 Å². The van der Waals surface area contributed by atoms with Crippen LogP contribution in [0.5, 0.6) is 5.75 Å². The van der Waals surface area contributed by atoms with Gasteiger partial charge in [-0.1, -0.05) is 18.2 Å². The SMILES string of the molecule is O=CO.Oc1ccccc1.[Ti].[Ti]. The van der Waals surface area contributed by atoms with Gasteiger partial charge in [-0.25, -0.2) is 0 Å². The second-order valence-electron chi connectivity index (χ2n) is 1.44. The molecular formula is C7H8O3Ti2. The molecule has 12 heavy (non-hydrogen) atoms. The van der Waals surface area contributed by atoms with Gasteiger partial charge in [0.25, 0.3) is 6.47 Å². The molecule has 0 atom stereocenters. The molecule has 0 bridgehead atoms. The van der Waals surface area contributed by atoms with E-state index in [1.54, 1.807) is 24.3 Å². The minimum Gasteiger partial charge on any atom is -0.508 e. The number of para-hydroxylation sites is 1. The summed E-state index contributed by atoms with van der Waals surface area (Å²) in [5.74, 6) is 0.322. The van der Waals surface area contributed by atoms with Gasteiger partial charge in [0.2, 0.25) is 0 Å². The van der Waals surface area contributed by atoms with E-state index >= 15 is 0 Å². The second-order valence-corrected chi connectivity index (χ2v) is 1.44. The van der Waals surface area contributed by atoms with Crippen molar-refractivity contribution in [3.05, 3.63) is 30.3 Å². The summed E-state index contributed by atoms with van der Waals surface area (Å²) in [6, 6.07) is 8.71. The average Bonchev–Trinajstić information content (AvgIpc) is 1.91. The Balaban J connectivity index is -0.000000146. The minimum absolute atomic E-state index is 0. The van der Waals surface area contributed by atoms with Crippen molar-refractivity contribution < 1.29 is 58.4 Å². The Bertz CT molecular complexity index is 179. The van der Waals surface area contributed by atoms with E-state index in [2.05, 4.69) is 0 Å². The van der Waals surface area contributed by atoms with Gasteiger partial charge in [0, 0.05) is 43.4 Å². The molecule has 0 aromatic heterocycles. The minimum atomic E-state index is -0.250. The van der Waals surface area contributed by atoms with Crippen molar-refractivity contribution in [3.63, 3.8) is 0 Å². The van der Waals surface area contributed by atoms with E-state index in [0.717, 1.165) is 0 Å². The number of phenolic OH excluding ortho intramolecular Hbond substituents is 1. The molecule has 0 radical (unpaired) electrons. The Kier molecular flexibility index (Phi) is 20.1. The quantitative estimate of drug-likeness (QED) is 0.523. The van der Waals surface area contributed by atoms with Crippen molar-refractivity contribution in [2.75, 3.05) is 0 Å². The van der Waals surface area contributed by atoms with Gasteiger partial charge in [0.1, 0.15) is 5.75 Å². The average molecular weight is 236 g/mol. The van der Waals surface area contributed by atoms with E-state index in [1.807, 2.05) is 6.07 Å². The number of aromatic hydroxyl groups is 1. The summed E-state index contributed by atoms with van der Waals surface area (Å²) in [7, 11) is 0. The van der Waals surface area contributed by atoms with Gasteiger partial charge in [0.05, 0.1) is 0 Å². The molecule has 0 spiro atoms. The zero-order valence-electron chi connectivity index (χ0n) is 6.27. The maximum absolute atomic E-state index is 8.63. The van der Waals surface area contributed by atoms with Gasteiger partial charge < -0.3 is 10.2 Å². The molecule has 0 saturated carbocycles. The van der Waals surface area contributed by atoms with Gasteiger partial charge in [0.15, 0.2) is 0 Å². The van der Waals surface area contributed by atoms with Crippen LogP contribution in [0.25, 0.3) is 0 Å². The molecule has 62 valence electrons. The van der Waals surface area contributed by atoms with Gasteiger partial charge in [-0.05, 0) is 12.1 Å². The van der Waals surface area contributed by atoms with Crippen LogP contribution in [0.1, 0.15) is 0 Å². The maximum atomic E-state index is 8.63. The summed E-state index contributed by atoms with van der Waals surface area (Å²) in [5, 5.41) is 15.5. The number of rotatable bonds is 0. The zero-order chi connectivity index (χ0) is 7.82. The van der Waals surface area contributed by atoms with Gasteiger partial charge in [-0.2, -0.15) is 0 Å². The first-order chi connectivity index (χ1) is 4.81. The molecule has 0 saturated heterocycles. The molecule has 0 amide bonds. The fourth-order valence-corrected chi connectivity index (χ4v) is 0.428. The third-order valence-electron chi connectivity index (χ3n) is 0.756. The summed E-state index contributed by atoms with van der Waals surface area (Å²) >= 11 is 0. The number of hydrogen-bond donors (Lipinski definition) is 2. The molecule has 0 fully saturated rings. The number of carbonyl (C=O) groups is 1. The summed E-state index contributed by atoms with van der Waals surface area (Å²) in [6.45, 7) is -0.250. The van der Waals surface area contributed by atoms with Crippen molar-refractivity contribution in [2.45, 2.75) is 0 Å². The molecule has 3 nitrogen and oxygen atoms in total. The van der Waals surface area contributed by atoms with Gasteiger partial charge in [-0.3, -0.25) is 4.79 Å². The molecule has 0 heterocycles. The molecule has 2 N–H and O–H groups in total. The van der Waals surface area contributed by atoms with Crippen molar-refractivity contribution in [3.8, 4) is 5.75 Å². The summed E-state index contributed by atoms with van der Waals surface area (Å²) in [4.78, 5) is 8.36. The van der Waals surface area contributed by atoms with Crippen LogP contribution >= 0.6 is 0 Å². The normalized spacial score (nSPS) is 6.00. The second kappa shape index (κ2) is 13.5. The standard InChI is InChI=1S/C6H6O.CH2O2.2Ti/c7-6-4-2-1-3-5-6;2-1-3;;/h1-5,7H;1H,(H,2,3);;. The molecule has 1 aromatic carbocycles. The zero-order valence-corrected chi connectivity index (χ0v) is 9.39. The van der Waals surface area contributed by atoms with Crippen molar-refractivity contribution in [1.29, 1.82) is 0 Å². The molecule has 0 aliphatic carbocycles. The van der Waals surface area contributed by atoms with Crippen molar-refractivity contribution in [2.24, 2.45) is 0 Å². The Morgan fingerprint density at radius 3 is 1.58 bits per heavy atom. The predicted octanol–water partition coefficient (Wildman–Crippen LogP) is 1.09. The predicted molar refractivity (Wildman–Crippen MR) is 36.8 cm³/mol. The fraction of sp³-hybridized carbons (Fsp3) is 0. The smallest absolute Gasteiger partial charge is 0.290 e. The molecule has 0 unspecified atom stereocenters. The number of phenols is 1. The van der Waals surface area contributed by atoms with E-state index < -0.39 is 0 Å². The molecule has 1 aromatic rings. The summed E-state index contributed by atoms with van der Waals surface area (Å²) in [6.07, 6.45) is 0. The Morgan fingerprint density at radius 1 is 1.08 bits per heavy atom. The Morgan fingerprint density at radius 2 is 1.42 bits per heavy atom. The van der Waals surface area contributed by atoms with Crippen LogP contribution in [0.2, 0.25) is 0 Å². The Hall–Kier alpha value is -0.0814. The van der Waals surface area contributed by atoms with Crippen LogP contribution in [0, 0.1) is 0 Å². The first-order valence-corrected chi connectivity index (χ1v) is 2.63. The number of hydrogen-bond acceptors (Lipinski definition) is 2. The van der Waals surface area contributed by atoms with Crippen LogP contribution < -0.4 is 0 Å². The molecule has 1 rings (SSSR count). The van der Waals surface area contributed by atoms with Crippen molar-refractivity contribution in [1.82, 2.24) is 0 Å². The first kappa shape index (κ1) is 17.9. The Labute approximate surface area is 101 Å². The summed E-state index contributed by atoms with van der Waals surface area (Å²) in [5.41, 5.74) is 0. The van der Waals surface area contributed by atoms with E-state index in [-0.39, 0.29) is 49.9 Å². The molecule has 0 aliphatic rings. The van der Waals surface area contributed by atoms with Crippen molar-refractivity contribution >= 4 is 6.47 Å². The van der Waals surface area contributed by atoms with E-state index in [9.17, 15) is 0 Å². The maximum Gasteiger partial charge on any atom is 0.290 e. The van der Waals surface area contributed by atoms with Crippen LogP contribution in [-0.4, -0.2) is 16.7 Å². The third kappa shape index (κ3) is 12.6. The topological polar surface area (TPSA) is 57.5 Å². The molecular weight excluding hydrogens is 228 g/mol. The van der Waals surface area contributed by atoms with Crippen LogP contribution in [0.4, 0.5) is 0 Å². The summed E-state index contributed by atoms with van der Waals surface area (Å²) < 4.78 is 0. The number of benzene rings is 1. The van der Waals surface area contributed by atoms with E-state index in [4.69, 9.17) is 15.0 Å². The van der Waals surface area contributed by atoms with Crippen LogP contribution in [0.3, 0.4) is 0 Å². The van der Waals surface area contributed by atoms with Gasteiger partial charge in [-0.15, -0.1) is 0 Å². The van der Waals surface area contributed by atoms with E-state index in [1.165, 1.54) is 0 Å². The van der Waals surface area contributed by atoms with Crippen LogP contribution in [-0.2, 0) is 48.2 Å². The third-order valence-corrected chi connectivity index (χ3v) is 0.756. The first-order valence-electron chi connectivity index (χ1n) is 2.63. The fourth-order valence-electron chi connectivity index (χ4n) is 0.428. The number of carboxylic acid groups (broad SMARTS) is 1. The van der Waals surface area contributed by atoms with E-state index in [0.29, 0.717) is 5.75 Å². The van der Waals surface area contributed by atoms with Gasteiger partial charge >= 0.3 is 0 Å². The molecule has 0 aliphatic heterocycles.